The molecule has 1 atom stereocenters. The fourth-order valence-corrected chi connectivity index (χ4v) is 4.03. The summed E-state index contributed by atoms with van der Waals surface area (Å²) in [5.74, 6) is 0.239. The SMILES string of the molecule is CC(C)C1=C(Sc2cccc([N+](=O)[O-])c2)N(C)C(C)N1COC(N)=S. The van der Waals surface area contributed by atoms with Gasteiger partial charge in [-0.15, -0.1) is 0 Å². The van der Waals surface area contributed by atoms with Crippen LogP contribution in [0.25, 0.3) is 0 Å². The molecule has 0 fully saturated rings. The third-order valence-corrected chi connectivity index (χ3v) is 5.29. The van der Waals surface area contributed by atoms with Crippen molar-refractivity contribution < 1.29 is 9.66 Å². The van der Waals surface area contributed by atoms with Crippen molar-refractivity contribution in [3.8, 4) is 0 Å². The number of hydrogen-bond acceptors (Lipinski definition) is 7. The quantitative estimate of drug-likeness (QED) is 0.456. The van der Waals surface area contributed by atoms with Crippen LogP contribution in [0.4, 0.5) is 5.69 Å². The molecule has 0 amide bonds. The summed E-state index contributed by atoms with van der Waals surface area (Å²) in [5.41, 5.74) is 6.64. The zero-order chi connectivity index (χ0) is 18.7. The highest BCUT2D eigenvalue weighted by Crippen LogP contribution is 2.42. The Kier molecular flexibility index (Phi) is 6.12. The number of hydrogen-bond donors (Lipinski definition) is 1. The monoisotopic (exact) mass is 382 g/mol. The third kappa shape index (κ3) is 4.35. The molecule has 1 aliphatic rings. The van der Waals surface area contributed by atoms with E-state index in [1.165, 1.54) is 17.8 Å². The molecule has 0 spiro atoms. The van der Waals surface area contributed by atoms with Gasteiger partial charge in [-0.2, -0.15) is 0 Å². The van der Waals surface area contributed by atoms with Crippen molar-refractivity contribution in [1.29, 1.82) is 0 Å². The van der Waals surface area contributed by atoms with Crippen LogP contribution in [0.15, 0.2) is 39.9 Å². The van der Waals surface area contributed by atoms with Gasteiger partial charge in [-0.25, -0.2) is 0 Å². The van der Waals surface area contributed by atoms with Gasteiger partial charge in [0.15, 0.2) is 6.73 Å². The minimum absolute atomic E-state index is 0.0118. The fraction of sp³-hybridized carbons (Fsp3) is 0.438. The summed E-state index contributed by atoms with van der Waals surface area (Å²) in [6.45, 7) is 6.53. The number of nitro benzene ring substituents is 1. The Morgan fingerprint density at radius 3 is 2.76 bits per heavy atom. The van der Waals surface area contributed by atoms with Crippen molar-refractivity contribution in [3.05, 3.63) is 45.1 Å². The van der Waals surface area contributed by atoms with E-state index in [9.17, 15) is 10.1 Å². The summed E-state index contributed by atoms with van der Waals surface area (Å²) in [6, 6.07) is 6.64. The summed E-state index contributed by atoms with van der Waals surface area (Å²) >= 11 is 6.31. The third-order valence-electron chi connectivity index (χ3n) is 4.00. The average Bonchev–Trinajstić information content (AvgIpc) is 2.77. The molecule has 0 radical (unpaired) electrons. The number of thioether (sulfide) groups is 1. The van der Waals surface area contributed by atoms with Gasteiger partial charge >= 0.3 is 0 Å². The van der Waals surface area contributed by atoms with Gasteiger partial charge in [-0.1, -0.05) is 31.7 Å². The molecule has 7 nitrogen and oxygen atoms in total. The molecule has 25 heavy (non-hydrogen) atoms. The van der Waals surface area contributed by atoms with Crippen molar-refractivity contribution in [2.45, 2.75) is 31.8 Å². The molecular formula is C16H22N4O3S2. The average molecular weight is 383 g/mol. The van der Waals surface area contributed by atoms with Crippen molar-refractivity contribution in [1.82, 2.24) is 9.80 Å². The Morgan fingerprint density at radius 2 is 2.20 bits per heavy atom. The van der Waals surface area contributed by atoms with Crippen molar-refractivity contribution in [3.63, 3.8) is 0 Å². The van der Waals surface area contributed by atoms with Crippen LogP contribution < -0.4 is 5.73 Å². The Balaban J connectivity index is 2.35. The topological polar surface area (TPSA) is 84.9 Å². The minimum atomic E-state index is -0.384. The maximum Gasteiger partial charge on any atom is 0.270 e. The highest BCUT2D eigenvalue weighted by atomic mass is 32.2. The zero-order valence-corrected chi connectivity index (χ0v) is 16.3. The lowest BCUT2D eigenvalue weighted by Gasteiger charge is -2.30. The predicted molar refractivity (Wildman–Crippen MR) is 103 cm³/mol. The van der Waals surface area contributed by atoms with E-state index < -0.39 is 0 Å². The first-order chi connectivity index (χ1) is 11.7. The number of nitrogens with zero attached hydrogens (tertiary/aromatic N) is 3. The number of rotatable bonds is 6. The van der Waals surface area contributed by atoms with Gasteiger partial charge in [0, 0.05) is 24.1 Å². The Morgan fingerprint density at radius 1 is 1.52 bits per heavy atom. The molecule has 1 aliphatic heterocycles. The van der Waals surface area contributed by atoms with Gasteiger partial charge in [-0.05, 0) is 31.1 Å². The number of ether oxygens (including phenoxy) is 1. The molecule has 9 heteroatoms. The maximum absolute atomic E-state index is 11.0. The summed E-state index contributed by atoms with van der Waals surface area (Å²) in [5, 5.41) is 12.1. The van der Waals surface area contributed by atoms with Crippen LogP contribution in [0.2, 0.25) is 0 Å². The molecule has 1 aromatic carbocycles. The smallest absolute Gasteiger partial charge is 0.270 e. The van der Waals surface area contributed by atoms with Crippen LogP contribution in [-0.4, -0.2) is 39.8 Å². The second kappa shape index (κ2) is 7.92. The van der Waals surface area contributed by atoms with Crippen LogP contribution in [0.5, 0.6) is 0 Å². The van der Waals surface area contributed by atoms with E-state index in [-0.39, 0.29) is 34.6 Å². The van der Waals surface area contributed by atoms with E-state index in [1.54, 1.807) is 12.1 Å². The highest BCUT2D eigenvalue weighted by molar-refractivity contribution is 8.03. The van der Waals surface area contributed by atoms with Crippen molar-refractivity contribution in [2.24, 2.45) is 11.7 Å². The Labute approximate surface area is 156 Å². The van der Waals surface area contributed by atoms with Gasteiger partial charge < -0.3 is 20.3 Å². The Hall–Kier alpha value is -2.00. The zero-order valence-electron chi connectivity index (χ0n) is 14.6. The molecule has 1 aromatic rings. The van der Waals surface area contributed by atoms with Crippen molar-refractivity contribution >= 4 is 34.8 Å². The number of nitro groups is 1. The lowest BCUT2D eigenvalue weighted by molar-refractivity contribution is -0.385. The molecule has 2 rings (SSSR count). The van der Waals surface area contributed by atoms with Crippen LogP contribution in [-0.2, 0) is 4.74 Å². The standard InChI is InChI=1S/C16H22N4O3S2/c1-10(2)14-15(18(4)11(3)19(14)9-23-16(17)24)25-13-7-5-6-12(8-13)20(21)22/h5-8,10-11H,9H2,1-4H3,(H2,17,24). The molecule has 136 valence electrons. The minimum Gasteiger partial charge on any atom is -0.450 e. The second-order valence-corrected chi connectivity index (χ2v) is 7.47. The number of benzene rings is 1. The highest BCUT2D eigenvalue weighted by Gasteiger charge is 2.35. The van der Waals surface area contributed by atoms with Crippen LogP contribution in [0, 0.1) is 16.0 Å². The summed E-state index contributed by atoms with van der Waals surface area (Å²) in [7, 11) is 1.99. The molecule has 0 aliphatic carbocycles. The van der Waals surface area contributed by atoms with E-state index in [2.05, 4.69) is 30.6 Å². The van der Waals surface area contributed by atoms with E-state index in [0.29, 0.717) is 0 Å². The second-order valence-electron chi connectivity index (χ2n) is 6.01. The first kappa shape index (κ1) is 19.3. The molecule has 0 saturated heterocycles. The molecule has 0 aromatic heterocycles. The first-order valence-corrected chi connectivity index (χ1v) is 9.03. The number of thiocarbonyl (C=S) groups is 1. The summed E-state index contributed by atoms with van der Waals surface area (Å²) < 4.78 is 5.35. The predicted octanol–water partition coefficient (Wildman–Crippen LogP) is 3.32. The number of allylic oxidation sites excluding steroid dienone is 1. The van der Waals surface area contributed by atoms with Gasteiger partial charge in [-0.3, -0.25) is 10.1 Å². The van der Waals surface area contributed by atoms with Crippen LogP contribution in [0.3, 0.4) is 0 Å². The van der Waals surface area contributed by atoms with Crippen LogP contribution in [0.1, 0.15) is 20.8 Å². The largest absolute Gasteiger partial charge is 0.450 e. The van der Waals surface area contributed by atoms with E-state index in [0.717, 1.165) is 15.6 Å². The first-order valence-electron chi connectivity index (χ1n) is 7.80. The number of nitrogens with two attached hydrogens (primary N) is 1. The lowest BCUT2D eigenvalue weighted by atomic mass is 10.1. The van der Waals surface area contributed by atoms with Gasteiger partial charge in [0.05, 0.1) is 15.6 Å². The summed E-state index contributed by atoms with van der Waals surface area (Å²) in [4.78, 5) is 15.7. The lowest BCUT2D eigenvalue weighted by Crippen LogP contribution is -2.39. The van der Waals surface area contributed by atoms with Gasteiger partial charge in [0.2, 0.25) is 0 Å². The van der Waals surface area contributed by atoms with Gasteiger partial charge in [0.1, 0.15) is 6.17 Å². The van der Waals surface area contributed by atoms with Crippen LogP contribution >= 0.6 is 24.0 Å². The maximum atomic E-state index is 11.0. The normalized spacial score (nSPS) is 17.4. The molecule has 1 heterocycles. The fourth-order valence-electron chi connectivity index (χ4n) is 2.67. The van der Waals surface area contributed by atoms with Gasteiger partial charge in [0.25, 0.3) is 10.9 Å². The molecule has 0 bridgehead atoms. The van der Waals surface area contributed by atoms with E-state index in [4.69, 9.17) is 22.7 Å². The molecular weight excluding hydrogens is 360 g/mol. The Bertz CT molecular complexity index is 708. The number of non-ortho nitro benzene ring substituents is 1. The molecule has 0 saturated carbocycles. The van der Waals surface area contributed by atoms with E-state index >= 15 is 0 Å². The van der Waals surface area contributed by atoms with Crippen molar-refractivity contribution in [2.75, 3.05) is 13.8 Å². The molecule has 2 N–H and O–H groups in total. The summed E-state index contributed by atoms with van der Waals surface area (Å²) in [6.07, 6.45) is 0.0629. The molecule has 1 unspecified atom stereocenters. The van der Waals surface area contributed by atoms with E-state index in [1.807, 2.05) is 13.1 Å².